The predicted octanol–water partition coefficient (Wildman–Crippen LogP) is 5.95. The average molecular weight is 336 g/mol. The standard InChI is InChI=1S/C23H28O2/c1-16-12-13-19-17(2)15-23(25-22(19)14-16)24-21-11-7-6-10-20(21)18-8-4-3-5-9-18/h3-5,8-9,12-14,17,20-21,23H,6-7,10-11,15H2,1-2H3/t17-,20-,21+,23-/m1/s1. The Hall–Kier alpha value is -1.80. The van der Waals surface area contributed by atoms with Crippen molar-refractivity contribution in [1.82, 2.24) is 0 Å². The number of ether oxygens (including phenoxy) is 2. The largest absolute Gasteiger partial charge is 0.465 e. The second kappa shape index (κ2) is 7.21. The van der Waals surface area contributed by atoms with Crippen LogP contribution in [0.3, 0.4) is 0 Å². The van der Waals surface area contributed by atoms with Crippen LogP contribution in [0.2, 0.25) is 0 Å². The van der Waals surface area contributed by atoms with Gasteiger partial charge in [0.05, 0.1) is 6.10 Å². The van der Waals surface area contributed by atoms with Gasteiger partial charge in [0.1, 0.15) is 5.75 Å². The molecule has 2 nitrogen and oxygen atoms in total. The Bertz CT molecular complexity index is 709. The molecule has 0 bridgehead atoms. The van der Waals surface area contributed by atoms with Gasteiger partial charge in [-0.2, -0.15) is 0 Å². The summed E-state index contributed by atoms with van der Waals surface area (Å²) in [6.45, 7) is 4.40. The number of aryl methyl sites for hydroxylation is 1. The van der Waals surface area contributed by atoms with E-state index in [0.29, 0.717) is 11.8 Å². The molecule has 4 atom stereocenters. The van der Waals surface area contributed by atoms with Crippen LogP contribution in [0.1, 0.15) is 67.6 Å². The number of hydrogen-bond donors (Lipinski definition) is 0. The molecule has 0 radical (unpaired) electrons. The third kappa shape index (κ3) is 3.59. The minimum atomic E-state index is -0.126. The molecule has 0 spiro atoms. The molecule has 2 aromatic rings. The van der Waals surface area contributed by atoms with Crippen LogP contribution >= 0.6 is 0 Å². The first-order valence-corrected chi connectivity index (χ1v) is 9.68. The van der Waals surface area contributed by atoms with Crippen molar-refractivity contribution in [2.24, 2.45) is 0 Å². The van der Waals surface area contributed by atoms with Gasteiger partial charge in [0, 0.05) is 12.3 Å². The molecule has 25 heavy (non-hydrogen) atoms. The van der Waals surface area contributed by atoms with Gasteiger partial charge in [0.2, 0.25) is 6.29 Å². The molecular weight excluding hydrogens is 308 g/mol. The molecule has 2 aromatic carbocycles. The second-order valence-electron chi connectivity index (χ2n) is 7.70. The van der Waals surface area contributed by atoms with Crippen molar-refractivity contribution in [3.05, 3.63) is 65.2 Å². The van der Waals surface area contributed by atoms with Crippen LogP contribution in [0.25, 0.3) is 0 Å². The lowest BCUT2D eigenvalue weighted by Gasteiger charge is -2.37. The third-order valence-corrected chi connectivity index (χ3v) is 5.76. The van der Waals surface area contributed by atoms with E-state index in [1.807, 2.05) is 0 Å². The first kappa shape index (κ1) is 16.7. The van der Waals surface area contributed by atoms with Crippen molar-refractivity contribution in [3.8, 4) is 5.75 Å². The summed E-state index contributed by atoms with van der Waals surface area (Å²) < 4.78 is 12.8. The van der Waals surface area contributed by atoms with E-state index in [-0.39, 0.29) is 12.4 Å². The minimum absolute atomic E-state index is 0.126. The van der Waals surface area contributed by atoms with Crippen molar-refractivity contribution >= 4 is 0 Å². The van der Waals surface area contributed by atoms with Gasteiger partial charge >= 0.3 is 0 Å². The second-order valence-corrected chi connectivity index (χ2v) is 7.70. The van der Waals surface area contributed by atoms with Crippen LogP contribution in [0.4, 0.5) is 0 Å². The van der Waals surface area contributed by atoms with Crippen molar-refractivity contribution in [1.29, 1.82) is 0 Å². The lowest BCUT2D eigenvalue weighted by Crippen LogP contribution is -2.36. The van der Waals surface area contributed by atoms with E-state index in [0.717, 1.165) is 18.6 Å². The summed E-state index contributed by atoms with van der Waals surface area (Å²) in [4.78, 5) is 0. The van der Waals surface area contributed by atoms with Gasteiger partial charge in [0.25, 0.3) is 0 Å². The van der Waals surface area contributed by atoms with E-state index < -0.39 is 0 Å². The van der Waals surface area contributed by atoms with Crippen LogP contribution in [-0.4, -0.2) is 12.4 Å². The maximum atomic E-state index is 6.54. The molecule has 0 saturated heterocycles. The van der Waals surface area contributed by atoms with Gasteiger partial charge in [-0.05, 0) is 48.4 Å². The summed E-state index contributed by atoms with van der Waals surface area (Å²) in [7, 11) is 0. The van der Waals surface area contributed by atoms with E-state index in [1.54, 1.807) is 0 Å². The molecule has 0 aromatic heterocycles. The summed E-state index contributed by atoms with van der Waals surface area (Å²) in [6, 6.07) is 17.4. The van der Waals surface area contributed by atoms with Gasteiger partial charge in [-0.15, -0.1) is 0 Å². The molecule has 1 fully saturated rings. The van der Waals surface area contributed by atoms with Crippen molar-refractivity contribution < 1.29 is 9.47 Å². The highest BCUT2D eigenvalue weighted by atomic mass is 16.7. The van der Waals surface area contributed by atoms with Crippen LogP contribution in [0.15, 0.2) is 48.5 Å². The van der Waals surface area contributed by atoms with E-state index >= 15 is 0 Å². The fourth-order valence-electron chi connectivity index (χ4n) is 4.38. The molecular formula is C23H28O2. The molecule has 1 aliphatic carbocycles. The summed E-state index contributed by atoms with van der Waals surface area (Å²) in [5.41, 5.74) is 3.97. The van der Waals surface area contributed by atoms with E-state index in [9.17, 15) is 0 Å². The molecule has 0 N–H and O–H groups in total. The Morgan fingerprint density at radius 1 is 1.00 bits per heavy atom. The van der Waals surface area contributed by atoms with E-state index in [1.165, 1.54) is 36.0 Å². The predicted molar refractivity (Wildman–Crippen MR) is 101 cm³/mol. The summed E-state index contributed by atoms with van der Waals surface area (Å²) in [5.74, 6) is 1.98. The summed E-state index contributed by atoms with van der Waals surface area (Å²) >= 11 is 0. The van der Waals surface area contributed by atoms with Crippen LogP contribution in [0.5, 0.6) is 5.75 Å². The molecule has 0 unspecified atom stereocenters. The maximum Gasteiger partial charge on any atom is 0.200 e. The SMILES string of the molecule is Cc1ccc2c(c1)O[C@@H](O[C@H]1CCCC[C@@H]1c1ccccc1)C[C@H]2C. The zero-order valence-corrected chi connectivity index (χ0v) is 15.3. The lowest BCUT2D eigenvalue weighted by atomic mass is 9.81. The van der Waals surface area contributed by atoms with Gasteiger partial charge in [0.15, 0.2) is 0 Å². The Balaban J connectivity index is 1.51. The molecule has 2 heteroatoms. The van der Waals surface area contributed by atoms with Crippen molar-refractivity contribution in [2.45, 2.75) is 70.2 Å². The van der Waals surface area contributed by atoms with Crippen LogP contribution < -0.4 is 4.74 Å². The maximum absolute atomic E-state index is 6.54. The highest BCUT2D eigenvalue weighted by Crippen LogP contribution is 2.40. The highest BCUT2D eigenvalue weighted by molar-refractivity contribution is 5.40. The average Bonchev–Trinajstić information content (AvgIpc) is 2.62. The Labute approximate surface area is 151 Å². The molecule has 4 rings (SSSR count). The molecule has 2 aliphatic rings. The Kier molecular flexibility index (Phi) is 4.80. The van der Waals surface area contributed by atoms with E-state index in [4.69, 9.17) is 9.47 Å². The van der Waals surface area contributed by atoms with Gasteiger partial charge in [-0.25, -0.2) is 0 Å². The normalized spacial score (nSPS) is 28.9. The number of rotatable bonds is 3. The first-order valence-electron chi connectivity index (χ1n) is 9.68. The molecule has 1 saturated carbocycles. The quantitative estimate of drug-likeness (QED) is 0.689. The topological polar surface area (TPSA) is 18.5 Å². The van der Waals surface area contributed by atoms with Crippen molar-refractivity contribution in [3.63, 3.8) is 0 Å². The van der Waals surface area contributed by atoms with Crippen molar-refractivity contribution in [2.75, 3.05) is 0 Å². The Morgan fingerprint density at radius 3 is 2.64 bits per heavy atom. The van der Waals surface area contributed by atoms with Gasteiger partial charge in [-0.3, -0.25) is 0 Å². The van der Waals surface area contributed by atoms with Gasteiger partial charge in [-0.1, -0.05) is 62.2 Å². The molecule has 132 valence electrons. The minimum Gasteiger partial charge on any atom is -0.465 e. The highest BCUT2D eigenvalue weighted by Gasteiger charge is 2.33. The van der Waals surface area contributed by atoms with E-state index in [2.05, 4.69) is 62.4 Å². The fourth-order valence-corrected chi connectivity index (χ4v) is 4.38. The monoisotopic (exact) mass is 336 g/mol. The summed E-state index contributed by atoms with van der Waals surface area (Å²) in [5, 5.41) is 0. The zero-order valence-electron chi connectivity index (χ0n) is 15.3. The molecule has 1 heterocycles. The number of hydrogen-bond acceptors (Lipinski definition) is 2. The molecule has 0 amide bonds. The lowest BCUT2D eigenvalue weighted by molar-refractivity contribution is -0.145. The zero-order chi connectivity index (χ0) is 17.2. The smallest absolute Gasteiger partial charge is 0.200 e. The van der Waals surface area contributed by atoms with Crippen LogP contribution in [0, 0.1) is 6.92 Å². The summed E-state index contributed by atoms with van der Waals surface area (Å²) in [6.07, 6.45) is 5.98. The van der Waals surface area contributed by atoms with Gasteiger partial charge < -0.3 is 9.47 Å². The third-order valence-electron chi connectivity index (χ3n) is 5.76. The number of fused-ring (bicyclic) bond motifs is 1. The first-order chi connectivity index (χ1) is 12.2. The molecule has 1 aliphatic heterocycles. The Morgan fingerprint density at radius 2 is 1.80 bits per heavy atom. The fraction of sp³-hybridized carbons (Fsp3) is 0.478. The van der Waals surface area contributed by atoms with Crippen LogP contribution in [-0.2, 0) is 4.74 Å². The number of benzene rings is 2.